The van der Waals surface area contributed by atoms with Gasteiger partial charge in [-0.05, 0) is 12.8 Å². The lowest BCUT2D eigenvalue weighted by molar-refractivity contribution is 0.434. The van der Waals surface area contributed by atoms with Crippen LogP contribution in [0.1, 0.15) is 36.0 Å². The lowest BCUT2D eigenvalue weighted by Crippen LogP contribution is -1.99. The number of nitriles is 1. The van der Waals surface area contributed by atoms with Crippen LogP contribution in [0.4, 0.5) is 0 Å². The zero-order valence-electron chi connectivity index (χ0n) is 8.63. The van der Waals surface area contributed by atoms with E-state index >= 15 is 0 Å². The van der Waals surface area contributed by atoms with Gasteiger partial charge in [-0.25, -0.2) is 4.98 Å². The molecule has 1 aliphatic rings. The summed E-state index contributed by atoms with van der Waals surface area (Å²) in [4.78, 5) is 4.20. The summed E-state index contributed by atoms with van der Waals surface area (Å²) in [5.41, 5.74) is 0.550. The maximum absolute atomic E-state index is 8.66. The van der Waals surface area contributed by atoms with E-state index < -0.39 is 0 Å². The van der Waals surface area contributed by atoms with Crippen molar-refractivity contribution in [3.8, 4) is 6.07 Å². The van der Waals surface area contributed by atoms with E-state index in [1.165, 1.54) is 19.0 Å². The van der Waals surface area contributed by atoms with Gasteiger partial charge in [0.05, 0.1) is 18.0 Å². The smallest absolute Gasteiger partial charge is 0.216 e. The van der Waals surface area contributed by atoms with Crippen molar-refractivity contribution in [1.82, 2.24) is 14.8 Å². The molecule has 0 unspecified atom stereocenters. The van der Waals surface area contributed by atoms with Gasteiger partial charge in [-0.15, -0.1) is 0 Å². The van der Waals surface area contributed by atoms with Crippen LogP contribution in [-0.4, -0.2) is 14.8 Å². The molecular weight excluding hydrogens is 204 g/mol. The summed E-state index contributed by atoms with van der Waals surface area (Å²) in [6, 6.07) is 2.03. The first-order valence-electron chi connectivity index (χ1n) is 5.22. The summed E-state index contributed by atoms with van der Waals surface area (Å²) in [6.07, 6.45) is 7.41. The fourth-order valence-electron chi connectivity index (χ4n) is 1.60. The fraction of sp³-hybridized carbons (Fsp3) is 0.364. The van der Waals surface area contributed by atoms with Crippen LogP contribution in [0.2, 0.25) is 0 Å². The molecule has 3 rings (SSSR count). The molecular formula is C11H10N4O. The second-order valence-electron chi connectivity index (χ2n) is 3.97. The van der Waals surface area contributed by atoms with E-state index in [0.717, 1.165) is 5.76 Å². The molecule has 5 heteroatoms. The Hall–Kier alpha value is -2.09. The Balaban J connectivity index is 1.75. The van der Waals surface area contributed by atoms with Gasteiger partial charge < -0.3 is 4.42 Å². The molecule has 2 heterocycles. The first-order valence-corrected chi connectivity index (χ1v) is 5.22. The third-order valence-corrected chi connectivity index (χ3v) is 2.61. The highest BCUT2D eigenvalue weighted by Crippen LogP contribution is 2.40. The van der Waals surface area contributed by atoms with E-state index in [1.807, 2.05) is 6.07 Å². The van der Waals surface area contributed by atoms with Gasteiger partial charge in [-0.2, -0.15) is 10.4 Å². The van der Waals surface area contributed by atoms with E-state index in [-0.39, 0.29) is 0 Å². The molecule has 0 N–H and O–H groups in total. The molecule has 0 amide bonds. The van der Waals surface area contributed by atoms with Crippen molar-refractivity contribution in [3.63, 3.8) is 0 Å². The van der Waals surface area contributed by atoms with Crippen molar-refractivity contribution >= 4 is 0 Å². The third kappa shape index (κ3) is 1.70. The molecule has 0 atom stereocenters. The molecule has 0 radical (unpaired) electrons. The van der Waals surface area contributed by atoms with E-state index in [0.29, 0.717) is 23.9 Å². The van der Waals surface area contributed by atoms with Crippen molar-refractivity contribution in [2.45, 2.75) is 25.3 Å². The van der Waals surface area contributed by atoms with Crippen LogP contribution < -0.4 is 0 Å². The predicted molar refractivity (Wildman–Crippen MR) is 54.5 cm³/mol. The van der Waals surface area contributed by atoms with Gasteiger partial charge in [0.2, 0.25) is 5.89 Å². The monoisotopic (exact) mass is 214 g/mol. The van der Waals surface area contributed by atoms with Gasteiger partial charge in [0, 0.05) is 12.1 Å². The maximum Gasteiger partial charge on any atom is 0.216 e. The zero-order chi connectivity index (χ0) is 11.0. The molecule has 80 valence electrons. The van der Waals surface area contributed by atoms with Gasteiger partial charge in [-0.1, -0.05) is 0 Å². The first-order chi connectivity index (χ1) is 7.85. The summed E-state index contributed by atoms with van der Waals surface area (Å²) in [7, 11) is 0. The number of rotatable bonds is 3. The van der Waals surface area contributed by atoms with Gasteiger partial charge in [0.25, 0.3) is 0 Å². The molecule has 0 bridgehead atoms. The summed E-state index contributed by atoms with van der Waals surface area (Å²) in [5.74, 6) is 2.20. The number of aromatic nitrogens is 3. The summed E-state index contributed by atoms with van der Waals surface area (Å²) < 4.78 is 7.25. The van der Waals surface area contributed by atoms with Gasteiger partial charge in [0.15, 0.2) is 0 Å². The zero-order valence-corrected chi connectivity index (χ0v) is 8.63. The normalized spacial score (nSPS) is 14.9. The molecule has 1 saturated carbocycles. The largest absolute Gasteiger partial charge is 0.443 e. The highest BCUT2D eigenvalue weighted by molar-refractivity contribution is 5.21. The van der Waals surface area contributed by atoms with Crippen molar-refractivity contribution in [2.75, 3.05) is 0 Å². The van der Waals surface area contributed by atoms with Crippen LogP contribution in [0.5, 0.6) is 0 Å². The second-order valence-corrected chi connectivity index (χ2v) is 3.97. The quantitative estimate of drug-likeness (QED) is 0.779. The number of nitrogens with zero attached hydrogens (tertiary/aromatic N) is 4. The average Bonchev–Trinajstić information content (AvgIpc) is 2.88. The predicted octanol–water partition coefficient (Wildman–Crippen LogP) is 1.67. The van der Waals surface area contributed by atoms with Gasteiger partial charge in [-0.3, -0.25) is 4.68 Å². The lowest BCUT2D eigenvalue weighted by Gasteiger charge is -1.95. The van der Waals surface area contributed by atoms with Crippen LogP contribution in [0.3, 0.4) is 0 Å². The van der Waals surface area contributed by atoms with Crippen molar-refractivity contribution < 1.29 is 4.42 Å². The fourth-order valence-corrected chi connectivity index (χ4v) is 1.60. The molecule has 2 aromatic heterocycles. The molecule has 0 spiro atoms. The number of oxazole rings is 1. The highest BCUT2D eigenvalue weighted by atomic mass is 16.4. The minimum Gasteiger partial charge on any atom is -0.443 e. The molecule has 0 aliphatic heterocycles. The average molecular weight is 214 g/mol. The van der Waals surface area contributed by atoms with Crippen LogP contribution >= 0.6 is 0 Å². The van der Waals surface area contributed by atoms with E-state index in [2.05, 4.69) is 10.1 Å². The SMILES string of the molecule is N#Cc1cnn(Cc2ncc(C3CC3)o2)c1. The molecule has 0 saturated heterocycles. The standard InChI is InChI=1S/C11H10N4O/c12-3-8-4-14-15(6-8)7-11-13-5-10(16-11)9-1-2-9/h4-6,9H,1-2,7H2. The molecule has 16 heavy (non-hydrogen) atoms. The van der Waals surface area contributed by atoms with Crippen LogP contribution in [0.25, 0.3) is 0 Å². The Morgan fingerprint density at radius 3 is 3.06 bits per heavy atom. The first kappa shape index (κ1) is 9.16. The van der Waals surface area contributed by atoms with Crippen molar-refractivity contribution in [3.05, 3.63) is 35.8 Å². The minimum atomic E-state index is 0.481. The molecule has 0 aromatic carbocycles. The minimum absolute atomic E-state index is 0.481. The van der Waals surface area contributed by atoms with Gasteiger partial charge in [0.1, 0.15) is 18.4 Å². The topological polar surface area (TPSA) is 67.6 Å². The number of hydrogen-bond donors (Lipinski definition) is 0. The summed E-state index contributed by atoms with van der Waals surface area (Å²) in [5, 5.41) is 12.7. The molecule has 5 nitrogen and oxygen atoms in total. The molecule has 1 fully saturated rings. The van der Waals surface area contributed by atoms with Crippen LogP contribution in [0, 0.1) is 11.3 Å². The Morgan fingerprint density at radius 1 is 1.50 bits per heavy atom. The lowest BCUT2D eigenvalue weighted by atomic mass is 10.3. The Kier molecular flexibility index (Phi) is 2.00. The van der Waals surface area contributed by atoms with Crippen LogP contribution in [0.15, 0.2) is 23.0 Å². The Bertz CT molecular complexity index is 544. The third-order valence-electron chi connectivity index (χ3n) is 2.61. The Morgan fingerprint density at radius 2 is 2.38 bits per heavy atom. The summed E-state index contributed by atoms with van der Waals surface area (Å²) >= 11 is 0. The van der Waals surface area contributed by atoms with Gasteiger partial charge >= 0.3 is 0 Å². The van der Waals surface area contributed by atoms with E-state index in [1.54, 1.807) is 17.1 Å². The molecule has 2 aromatic rings. The van der Waals surface area contributed by atoms with E-state index in [4.69, 9.17) is 9.68 Å². The van der Waals surface area contributed by atoms with Crippen molar-refractivity contribution in [2.24, 2.45) is 0 Å². The van der Waals surface area contributed by atoms with Crippen LogP contribution in [-0.2, 0) is 6.54 Å². The molecule has 1 aliphatic carbocycles. The second kappa shape index (κ2) is 3.49. The number of hydrogen-bond acceptors (Lipinski definition) is 4. The van der Waals surface area contributed by atoms with E-state index in [9.17, 15) is 0 Å². The highest BCUT2D eigenvalue weighted by Gasteiger charge is 2.27. The van der Waals surface area contributed by atoms with Crippen molar-refractivity contribution in [1.29, 1.82) is 5.26 Å². The Labute approximate surface area is 92.3 Å². The maximum atomic E-state index is 8.66. The summed E-state index contributed by atoms with van der Waals surface area (Å²) in [6.45, 7) is 0.481.